The average Bonchev–Trinajstić information content (AvgIpc) is 2.67. The Balaban J connectivity index is 2.22. The zero-order valence-electron chi connectivity index (χ0n) is 7.33. The average molecular weight is 176 g/mol. The van der Waals surface area contributed by atoms with Crippen LogP contribution in [-0.4, -0.2) is 10.2 Å². The van der Waals surface area contributed by atoms with Crippen LogP contribution in [-0.2, 0) is 0 Å². The highest BCUT2D eigenvalue weighted by atomic mass is 16.3. The zero-order valence-corrected chi connectivity index (χ0v) is 7.33. The molecule has 2 atom stereocenters. The minimum Gasteiger partial charge on any atom is -0.504 e. The molecule has 2 unspecified atom stereocenters. The Labute approximate surface area is 76.8 Å². The van der Waals surface area contributed by atoms with Crippen LogP contribution in [0.1, 0.15) is 42.2 Å². The van der Waals surface area contributed by atoms with Crippen LogP contribution in [0.25, 0.3) is 0 Å². The van der Waals surface area contributed by atoms with Crippen LogP contribution in [0.3, 0.4) is 0 Å². The van der Waals surface area contributed by atoms with Gasteiger partial charge in [-0.1, -0.05) is 0 Å². The molecule has 3 rings (SSSR count). The molecule has 0 saturated heterocycles. The van der Waals surface area contributed by atoms with Gasteiger partial charge in [0.25, 0.3) is 0 Å². The third kappa shape index (κ3) is 0.831. The number of phenols is 2. The van der Waals surface area contributed by atoms with Crippen molar-refractivity contribution in [2.75, 3.05) is 0 Å². The van der Waals surface area contributed by atoms with E-state index in [9.17, 15) is 10.2 Å². The molecule has 0 spiro atoms. The molecule has 2 aliphatic rings. The highest BCUT2D eigenvalue weighted by Gasteiger charge is 2.37. The highest BCUT2D eigenvalue weighted by Crippen LogP contribution is 2.54. The molecule has 2 aliphatic carbocycles. The first-order valence-corrected chi connectivity index (χ1v) is 4.81. The summed E-state index contributed by atoms with van der Waals surface area (Å²) in [4.78, 5) is 0. The minimum absolute atomic E-state index is 0.0336. The summed E-state index contributed by atoms with van der Waals surface area (Å²) in [5, 5.41) is 18.7. The number of benzene rings is 1. The molecule has 0 amide bonds. The van der Waals surface area contributed by atoms with Crippen LogP contribution >= 0.6 is 0 Å². The fraction of sp³-hybridized carbons (Fsp3) is 0.455. The Hall–Kier alpha value is -1.18. The van der Waals surface area contributed by atoms with Gasteiger partial charge < -0.3 is 10.2 Å². The molecule has 1 saturated carbocycles. The van der Waals surface area contributed by atoms with Crippen LogP contribution in [0.5, 0.6) is 11.5 Å². The maximum absolute atomic E-state index is 9.36. The summed E-state index contributed by atoms with van der Waals surface area (Å²) in [7, 11) is 0. The first kappa shape index (κ1) is 7.25. The molecule has 2 nitrogen and oxygen atoms in total. The molecule has 1 aromatic carbocycles. The van der Waals surface area contributed by atoms with Crippen LogP contribution < -0.4 is 0 Å². The second-order valence-corrected chi connectivity index (χ2v) is 4.18. The Morgan fingerprint density at radius 2 is 1.38 bits per heavy atom. The van der Waals surface area contributed by atoms with Crippen LogP contribution in [0.2, 0.25) is 0 Å². The van der Waals surface area contributed by atoms with Gasteiger partial charge in [-0.15, -0.1) is 0 Å². The monoisotopic (exact) mass is 176 g/mol. The van der Waals surface area contributed by atoms with Crippen molar-refractivity contribution in [1.82, 2.24) is 0 Å². The molecule has 13 heavy (non-hydrogen) atoms. The molecule has 0 heterocycles. The molecular formula is C11H12O2. The van der Waals surface area contributed by atoms with Gasteiger partial charge in [0.2, 0.25) is 0 Å². The van der Waals surface area contributed by atoms with Crippen molar-refractivity contribution in [3.05, 3.63) is 23.3 Å². The number of phenolic OH excluding ortho intramolecular Hbond substituents is 2. The predicted octanol–water partition coefficient (Wildman–Crippen LogP) is 2.46. The largest absolute Gasteiger partial charge is 0.504 e. The van der Waals surface area contributed by atoms with Crippen LogP contribution in [0.15, 0.2) is 12.1 Å². The predicted molar refractivity (Wildman–Crippen MR) is 49.1 cm³/mol. The van der Waals surface area contributed by atoms with E-state index in [1.807, 2.05) is 0 Å². The number of hydrogen-bond acceptors (Lipinski definition) is 2. The lowest BCUT2D eigenvalue weighted by molar-refractivity contribution is 0.402. The number of aromatic hydroxyl groups is 2. The Kier molecular flexibility index (Phi) is 1.22. The van der Waals surface area contributed by atoms with Gasteiger partial charge in [-0.2, -0.15) is 0 Å². The Morgan fingerprint density at radius 1 is 0.923 bits per heavy atom. The quantitative estimate of drug-likeness (QED) is 0.596. The summed E-state index contributed by atoms with van der Waals surface area (Å²) < 4.78 is 0. The van der Waals surface area contributed by atoms with Gasteiger partial charge in [-0.25, -0.2) is 0 Å². The molecule has 1 fully saturated rings. The summed E-state index contributed by atoms with van der Waals surface area (Å²) in [6.07, 6.45) is 3.72. The zero-order chi connectivity index (χ0) is 9.00. The van der Waals surface area contributed by atoms with Crippen molar-refractivity contribution < 1.29 is 10.2 Å². The van der Waals surface area contributed by atoms with Crippen molar-refractivity contribution in [2.45, 2.75) is 31.1 Å². The van der Waals surface area contributed by atoms with Crippen molar-refractivity contribution in [3.8, 4) is 11.5 Å². The minimum atomic E-state index is 0.0336. The maximum atomic E-state index is 9.36. The number of rotatable bonds is 0. The highest BCUT2D eigenvalue weighted by molar-refractivity contribution is 5.51. The Morgan fingerprint density at radius 3 is 1.85 bits per heavy atom. The molecule has 68 valence electrons. The second-order valence-electron chi connectivity index (χ2n) is 4.18. The molecule has 2 bridgehead atoms. The molecule has 2 N–H and O–H groups in total. The van der Waals surface area contributed by atoms with Crippen molar-refractivity contribution >= 4 is 0 Å². The smallest absolute Gasteiger partial charge is 0.157 e. The fourth-order valence-corrected chi connectivity index (χ4v) is 2.86. The van der Waals surface area contributed by atoms with Crippen molar-refractivity contribution in [3.63, 3.8) is 0 Å². The number of hydrogen-bond donors (Lipinski definition) is 2. The van der Waals surface area contributed by atoms with Crippen molar-refractivity contribution in [2.24, 2.45) is 0 Å². The lowest BCUT2D eigenvalue weighted by Crippen LogP contribution is -1.96. The van der Waals surface area contributed by atoms with Crippen LogP contribution in [0, 0.1) is 0 Å². The summed E-state index contributed by atoms with van der Waals surface area (Å²) in [5.74, 6) is 1.36. The van der Waals surface area contributed by atoms with Gasteiger partial charge in [0.05, 0.1) is 0 Å². The lowest BCUT2D eigenvalue weighted by Gasteiger charge is -2.15. The summed E-state index contributed by atoms with van der Waals surface area (Å²) >= 11 is 0. The van der Waals surface area contributed by atoms with Gasteiger partial charge in [0.1, 0.15) is 0 Å². The molecule has 1 aromatic rings. The third-order valence-electron chi connectivity index (χ3n) is 3.49. The molecule has 0 aromatic heterocycles. The van der Waals surface area contributed by atoms with Crippen LogP contribution in [0.4, 0.5) is 0 Å². The van der Waals surface area contributed by atoms with E-state index in [0.717, 1.165) is 0 Å². The van der Waals surface area contributed by atoms with Crippen molar-refractivity contribution in [1.29, 1.82) is 0 Å². The molecule has 0 radical (unpaired) electrons. The van der Waals surface area contributed by atoms with E-state index in [1.165, 1.54) is 30.4 Å². The number of fused-ring (bicyclic) bond motifs is 5. The van der Waals surface area contributed by atoms with Gasteiger partial charge in [-0.05, 0) is 54.4 Å². The normalized spacial score (nSPS) is 29.2. The SMILES string of the molecule is Oc1cc2c(cc1O)C1CCC2C1. The van der Waals surface area contributed by atoms with Gasteiger partial charge in [0, 0.05) is 0 Å². The Bertz CT molecular complexity index is 336. The standard InChI is InChI=1S/C11H12O2/c12-10-4-8-6-1-2-7(3-6)9(8)5-11(10)13/h4-7,12-13H,1-3H2. The van der Waals surface area contributed by atoms with E-state index in [1.54, 1.807) is 12.1 Å². The lowest BCUT2D eigenvalue weighted by atomic mass is 9.91. The topological polar surface area (TPSA) is 40.5 Å². The summed E-state index contributed by atoms with van der Waals surface area (Å²) in [6, 6.07) is 3.49. The molecular weight excluding hydrogens is 164 g/mol. The van der Waals surface area contributed by atoms with E-state index >= 15 is 0 Å². The van der Waals surface area contributed by atoms with E-state index in [-0.39, 0.29) is 11.5 Å². The molecule has 0 aliphatic heterocycles. The summed E-state index contributed by atoms with van der Waals surface area (Å²) in [5.41, 5.74) is 2.54. The van der Waals surface area contributed by atoms with Gasteiger partial charge >= 0.3 is 0 Å². The maximum Gasteiger partial charge on any atom is 0.157 e. The third-order valence-corrected chi connectivity index (χ3v) is 3.49. The van der Waals surface area contributed by atoms with E-state index in [4.69, 9.17) is 0 Å². The first-order chi connectivity index (χ1) is 6.25. The first-order valence-electron chi connectivity index (χ1n) is 4.81. The van der Waals surface area contributed by atoms with E-state index in [2.05, 4.69) is 0 Å². The van der Waals surface area contributed by atoms with E-state index < -0.39 is 0 Å². The fourth-order valence-electron chi connectivity index (χ4n) is 2.86. The van der Waals surface area contributed by atoms with Gasteiger partial charge in [0.15, 0.2) is 11.5 Å². The second kappa shape index (κ2) is 2.19. The van der Waals surface area contributed by atoms with E-state index in [0.29, 0.717) is 11.8 Å². The molecule has 2 heteroatoms. The van der Waals surface area contributed by atoms with Gasteiger partial charge in [-0.3, -0.25) is 0 Å². The summed E-state index contributed by atoms with van der Waals surface area (Å²) in [6.45, 7) is 0.